The van der Waals surface area contributed by atoms with Gasteiger partial charge in [-0.15, -0.1) is 0 Å². The van der Waals surface area contributed by atoms with E-state index in [1.807, 2.05) is 19.2 Å². The highest BCUT2D eigenvalue weighted by molar-refractivity contribution is 5.95. The minimum Gasteiger partial charge on any atom is -0.350 e. The van der Waals surface area contributed by atoms with Crippen molar-refractivity contribution in [3.63, 3.8) is 0 Å². The molecule has 0 aromatic rings. The highest BCUT2D eigenvalue weighted by atomic mass is 19.4. The number of amides is 4. The summed E-state index contributed by atoms with van der Waals surface area (Å²) in [5.41, 5.74) is -1.53. The fraction of sp³-hybridized carbons (Fsp3) is 0.808. The number of fused-ring (bicyclic) bond motifs is 1. The first-order valence-corrected chi connectivity index (χ1v) is 13.1. The van der Waals surface area contributed by atoms with Gasteiger partial charge in [0.05, 0.1) is 6.07 Å². The Bertz CT molecular complexity index is 1070. The van der Waals surface area contributed by atoms with Crippen LogP contribution in [0.1, 0.15) is 66.7 Å². The van der Waals surface area contributed by atoms with Gasteiger partial charge in [0, 0.05) is 18.0 Å². The Hall–Kier alpha value is -2.84. The second-order valence-electron chi connectivity index (χ2n) is 13.1. The molecule has 0 aromatic carbocycles. The first-order valence-electron chi connectivity index (χ1n) is 13.1. The Labute approximate surface area is 220 Å². The number of nitriles is 1. The average Bonchev–Trinajstić information content (AvgIpc) is 3.11. The van der Waals surface area contributed by atoms with E-state index in [1.165, 1.54) is 25.7 Å². The van der Waals surface area contributed by atoms with E-state index in [0.29, 0.717) is 6.42 Å². The monoisotopic (exact) mass is 539 g/mol. The summed E-state index contributed by atoms with van der Waals surface area (Å²) in [6.45, 7) is 8.69. The van der Waals surface area contributed by atoms with Crippen LogP contribution in [-0.4, -0.2) is 64.9 Å². The van der Waals surface area contributed by atoms with Crippen LogP contribution in [0.3, 0.4) is 0 Å². The largest absolute Gasteiger partial charge is 0.471 e. The van der Waals surface area contributed by atoms with E-state index in [9.17, 15) is 37.6 Å². The summed E-state index contributed by atoms with van der Waals surface area (Å²) < 4.78 is 39.0. The number of likely N-dealkylation sites (tertiary alicyclic amines) is 1. The lowest BCUT2D eigenvalue weighted by Gasteiger charge is -2.38. The van der Waals surface area contributed by atoms with Crippen molar-refractivity contribution in [2.75, 3.05) is 6.54 Å². The van der Waals surface area contributed by atoms with E-state index in [2.05, 4.69) is 16.7 Å². The number of alkyl halides is 3. The van der Waals surface area contributed by atoms with E-state index >= 15 is 0 Å². The third kappa shape index (κ3) is 4.96. The lowest BCUT2D eigenvalue weighted by molar-refractivity contribution is -0.176. The van der Waals surface area contributed by atoms with Crippen molar-refractivity contribution in [2.45, 2.75) is 96.6 Å². The SMILES string of the molecule is CC(C)(C)C(NC(=O)C(F)(F)F)C(=O)N1CC2C([C@H]1C(=O)NC(C#N)CC1CC3(CCC3)NC1=O)C2(C)C. The molecule has 4 rings (SSSR count). The number of nitrogens with zero attached hydrogens (tertiary/aromatic N) is 2. The lowest BCUT2D eigenvalue weighted by atomic mass is 9.74. The molecule has 2 saturated carbocycles. The molecule has 0 radical (unpaired) electrons. The molecular weight excluding hydrogens is 503 g/mol. The normalized spacial score (nSPS) is 30.4. The smallest absolute Gasteiger partial charge is 0.350 e. The van der Waals surface area contributed by atoms with Crippen molar-refractivity contribution < 1.29 is 32.3 Å². The number of halogens is 3. The molecule has 2 aliphatic carbocycles. The van der Waals surface area contributed by atoms with E-state index < -0.39 is 53.4 Å². The van der Waals surface area contributed by atoms with Gasteiger partial charge >= 0.3 is 12.1 Å². The minimum atomic E-state index is -5.17. The minimum absolute atomic E-state index is 0.0410. The molecule has 5 unspecified atom stereocenters. The fourth-order valence-corrected chi connectivity index (χ4v) is 6.63. The molecule has 4 aliphatic rings. The quantitative estimate of drug-likeness (QED) is 0.475. The molecule has 210 valence electrons. The molecule has 9 nitrogen and oxygen atoms in total. The highest BCUT2D eigenvalue weighted by Gasteiger charge is 2.70. The number of carbonyl (C=O) groups is 4. The number of nitrogens with one attached hydrogen (secondary N) is 3. The zero-order valence-corrected chi connectivity index (χ0v) is 22.4. The van der Waals surface area contributed by atoms with Crippen molar-refractivity contribution in [1.29, 1.82) is 5.26 Å². The fourth-order valence-electron chi connectivity index (χ4n) is 6.63. The van der Waals surface area contributed by atoms with E-state index in [-0.39, 0.29) is 41.7 Å². The molecule has 38 heavy (non-hydrogen) atoms. The molecule has 4 amide bonds. The number of carbonyl (C=O) groups excluding carboxylic acids is 4. The van der Waals surface area contributed by atoms with Crippen LogP contribution in [0.25, 0.3) is 0 Å². The van der Waals surface area contributed by atoms with Crippen molar-refractivity contribution in [1.82, 2.24) is 20.9 Å². The molecule has 2 heterocycles. The van der Waals surface area contributed by atoms with Gasteiger partial charge in [0.2, 0.25) is 17.7 Å². The van der Waals surface area contributed by atoms with E-state index in [1.54, 1.807) is 0 Å². The van der Waals surface area contributed by atoms with Gasteiger partial charge in [-0.3, -0.25) is 19.2 Å². The molecule has 1 spiro atoms. The zero-order valence-electron chi connectivity index (χ0n) is 22.4. The summed E-state index contributed by atoms with van der Waals surface area (Å²) in [4.78, 5) is 52.6. The topological polar surface area (TPSA) is 131 Å². The molecule has 2 saturated heterocycles. The standard InChI is InChI=1S/C26H36F3N5O4/c1-23(2,3)18(32-22(38)26(27,28)29)21(37)34-12-15-16(24(15,4)5)17(34)20(36)31-14(11-30)9-13-10-25(7-6-8-25)33-19(13)35/h13-18H,6-10,12H2,1-5H3,(H,31,36)(H,32,38)(H,33,35)/t13?,14?,15?,16?,17-,18?/m0/s1. The highest BCUT2D eigenvalue weighted by Crippen LogP contribution is 2.65. The van der Waals surface area contributed by atoms with Crippen LogP contribution in [0.2, 0.25) is 0 Å². The molecule has 3 N–H and O–H groups in total. The summed E-state index contributed by atoms with van der Waals surface area (Å²) in [6.07, 6.45) is -1.58. The van der Waals surface area contributed by atoms with Crippen LogP contribution >= 0.6 is 0 Å². The summed E-state index contributed by atoms with van der Waals surface area (Å²) in [6, 6.07) is -1.42. The molecular formula is C26H36F3N5O4. The Morgan fingerprint density at radius 3 is 2.29 bits per heavy atom. The molecule has 12 heteroatoms. The number of hydrogen-bond donors (Lipinski definition) is 3. The van der Waals surface area contributed by atoms with Crippen molar-refractivity contribution >= 4 is 23.6 Å². The first-order chi connectivity index (χ1) is 17.4. The first kappa shape index (κ1) is 28.2. The number of piperidine rings is 1. The second-order valence-corrected chi connectivity index (χ2v) is 13.1. The Kier molecular flexibility index (Phi) is 6.77. The third-order valence-electron chi connectivity index (χ3n) is 9.11. The maximum Gasteiger partial charge on any atom is 0.471 e. The Morgan fingerprint density at radius 2 is 1.82 bits per heavy atom. The van der Waals surface area contributed by atoms with Crippen molar-refractivity contribution in [2.24, 2.45) is 28.6 Å². The van der Waals surface area contributed by atoms with E-state index in [4.69, 9.17) is 0 Å². The summed E-state index contributed by atoms with van der Waals surface area (Å²) in [5.74, 6) is -4.38. The summed E-state index contributed by atoms with van der Waals surface area (Å²) >= 11 is 0. The van der Waals surface area contributed by atoms with Crippen LogP contribution in [0.15, 0.2) is 0 Å². The van der Waals surface area contributed by atoms with Crippen LogP contribution < -0.4 is 16.0 Å². The maximum absolute atomic E-state index is 13.6. The van der Waals surface area contributed by atoms with Gasteiger partial charge in [-0.1, -0.05) is 34.6 Å². The van der Waals surface area contributed by atoms with Gasteiger partial charge in [-0.2, -0.15) is 18.4 Å². The number of hydrogen-bond acceptors (Lipinski definition) is 5. The predicted molar refractivity (Wildman–Crippen MR) is 129 cm³/mol. The van der Waals surface area contributed by atoms with Gasteiger partial charge in [0.1, 0.15) is 18.1 Å². The Morgan fingerprint density at radius 1 is 1.18 bits per heavy atom. The second kappa shape index (κ2) is 9.12. The maximum atomic E-state index is 13.6. The van der Waals surface area contributed by atoms with Gasteiger partial charge in [-0.05, 0) is 54.8 Å². The lowest BCUT2D eigenvalue weighted by Crippen LogP contribution is -2.61. The molecule has 2 aliphatic heterocycles. The van der Waals surface area contributed by atoms with Gasteiger partial charge in [0.25, 0.3) is 0 Å². The van der Waals surface area contributed by atoms with Gasteiger partial charge in [0.15, 0.2) is 0 Å². The van der Waals surface area contributed by atoms with Crippen LogP contribution in [-0.2, 0) is 19.2 Å². The van der Waals surface area contributed by atoms with E-state index in [0.717, 1.165) is 19.3 Å². The Balaban J connectivity index is 1.50. The summed E-state index contributed by atoms with van der Waals surface area (Å²) in [5, 5.41) is 17.3. The van der Waals surface area contributed by atoms with Crippen LogP contribution in [0.5, 0.6) is 0 Å². The van der Waals surface area contributed by atoms with Crippen molar-refractivity contribution in [3.8, 4) is 6.07 Å². The van der Waals surface area contributed by atoms with Crippen LogP contribution in [0, 0.1) is 39.9 Å². The molecule has 0 bridgehead atoms. The van der Waals surface area contributed by atoms with Crippen molar-refractivity contribution in [3.05, 3.63) is 0 Å². The van der Waals surface area contributed by atoms with Gasteiger partial charge < -0.3 is 20.9 Å². The summed E-state index contributed by atoms with van der Waals surface area (Å²) in [7, 11) is 0. The molecule has 0 aromatic heterocycles. The predicted octanol–water partition coefficient (Wildman–Crippen LogP) is 2.02. The van der Waals surface area contributed by atoms with Gasteiger partial charge in [-0.25, -0.2) is 0 Å². The third-order valence-corrected chi connectivity index (χ3v) is 9.11. The molecule has 4 fully saturated rings. The molecule has 6 atom stereocenters. The average molecular weight is 540 g/mol. The zero-order chi connectivity index (χ0) is 28.4. The number of rotatable bonds is 6. The van der Waals surface area contributed by atoms with Crippen LogP contribution in [0.4, 0.5) is 13.2 Å².